The number of benzene rings is 1. The van der Waals surface area contributed by atoms with Crippen molar-refractivity contribution in [3.63, 3.8) is 0 Å². The molecule has 0 heterocycles. The number of methoxy groups -OCH3 is 1. The number of carbonyl (C=O) groups is 1. The number of ether oxygens (including phenoxy) is 1. The van der Waals surface area contributed by atoms with Gasteiger partial charge in [0.25, 0.3) is 0 Å². The van der Waals surface area contributed by atoms with E-state index in [9.17, 15) is 14.9 Å². The summed E-state index contributed by atoms with van der Waals surface area (Å²) in [5.74, 6) is -1.47. The van der Waals surface area contributed by atoms with Gasteiger partial charge in [0.1, 0.15) is 5.92 Å². The van der Waals surface area contributed by atoms with E-state index in [2.05, 4.69) is 20.7 Å². The lowest BCUT2D eigenvalue weighted by atomic mass is 9.99. The van der Waals surface area contributed by atoms with Crippen LogP contribution in [-0.4, -0.2) is 24.5 Å². The van der Waals surface area contributed by atoms with Crippen molar-refractivity contribution in [2.45, 2.75) is 5.92 Å². The number of esters is 1. The van der Waals surface area contributed by atoms with Crippen LogP contribution in [0.4, 0.5) is 0 Å². The Labute approximate surface area is 101 Å². The minimum Gasteiger partial charge on any atom is -0.468 e. The number of carbonyl (C=O) groups excluding carboxylic acids is 1. The molecule has 0 aromatic heterocycles. The lowest BCUT2D eigenvalue weighted by Crippen LogP contribution is -2.22. The molecule has 0 fully saturated rings. The quantitative estimate of drug-likeness (QED) is 0.482. The molecule has 6 heteroatoms. The molecule has 0 aliphatic rings. The van der Waals surface area contributed by atoms with Crippen LogP contribution >= 0.6 is 15.9 Å². The smallest absolute Gasteiger partial charge is 0.319 e. The van der Waals surface area contributed by atoms with Gasteiger partial charge >= 0.3 is 5.97 Å². The standard InChI is InChI=1S/C10H10BrNO4/c1-16-10(13)9(6-12(14)15)7-3-2-4-8(11)5-7/h2-5,9H,6H2,1H3. The first kappa shape index (κ1) is 12.6. The van der Waals surface area contributed by atoms with Crippen LogP contribution in [0.5, 0.6) is 0 Å². The summed E-state index contributed by atoms with van der Waals surface area (Å²) in [6.07, 6.45) is 0. The Hall–Kier alpha value is -1.43. The first-order valence-corrected chi connectivity index (χ1v) is 5.29. The van der Waals surface area contributed by atoms with Crippen LogP contribution in [0.25, 0.3) is 0 Å². The molecule has 16 heavy (non-hydrogen) atoms. The molecule has 0 amide bonds. The number of nitrogens with zero attached hydrogens (tertiary/aromatic N) is 1. The van der Waals surface area contributed by atoms with Gasteiger partial charge in [-0.3, -0.25) is 14.9 Å². The van der Waals surface area contributed by atoms with Crippen LogP contribution in [0.3, 0.4) is 0 Å². The molecule has 0 spiro atoms. The van der Waals surface area contributed by atoms with Gasteiger partial charge in [-0.2, -0.15) is 0 Å². The predicted molar refractivity (Wildman–Crippen MR) is 60.8 cm³/mol. The molecule has 0 bridgehead atoms. The summed E-state index contributed by atoms with van der Waals surface area (Å²) < 4.78 is 5.31. The molecule has 0 radical (unpaired) electrons. The molecule has 1 atom stereocenters. The molecular weight excluding hydrogens is 278 g/mol. The second kappa shape index (κ2) is 5.60. The zero-order valence-electron chi connectivity index (χ0n) is 8.55. The lowest BCUT2D eigenvalue weighted by molar-refractivity contribution is -0.481. The molecular formula is C10H10BrNO4. The molecule has 1 rings (SSSR count). The van der Waals surface area contributed by atoms with E-state index < -0.39 is 23.4 Å². The number of rotatable bonds is 4. The van der Waals surface area contributed by atoms with Crippen molar-refractivity contribution in [2.75, 3.05) is 13.7 Å². The van der Waals surface area contributed by atoms with Crippen molar-refractivity contribution in [3.8, 4) is 0 Å². The average Bonchev–Trinajstić information content (AvgIpc) is 2.24. The van der Waals surface area contributed by atoms with E-state index in [1.165, 1.54) is 7.11 Å². The van der Waals surface area contributed by atoms with E-state index in [1.807, 2.05) is 0 Å². The van der Waals surface area contributed by atoms with Gasteiger partial charge in [-0.25, -0.2) is 0 Å². The van der Waals surface area contributed by atoms with Gasteiger partial charge < -0.3 is 4.74 Å². The minimum absolute atomic E-state index is 0.469. The maximum atomic E-state index is 11.4. The van der Waals surface area contributed by atoms with Crippen LogP contribution in [0, 0.1) is 10.1 Å². The number of hydrogen-bond acceptors (Lipinski definition) is 4. The van der Waals surface area contributed by atoms with Gasteiger partial charge in [-0.15, -0.1) is 0 Å². The van der Waals surface area contributed by atoms with Crippen molar-refractivity contribution in [1.82, 2.24) is 0 Å². The molecule has 5 nitrogen and oxygen atoms in total. The third kappa shape index (κ3) is 3.30. The van der Waals surface area contributed by atoms with E-state index in [1.54, 1.807) is 24.3 Å². The predicted octanol–water partition coefficient (Wildman–Crippen LogP) is 1.98. The summed E-state index contributed by atoms with van der Waals surface area (Å²) in [5.41, 5.74) is 0.568. The second-order valence-corrected chi connectivity index (χ2v) is 4.06. The Morgan fingerprint density at radius 2 is 2.31 bits per heavy atom. The maximum absolute atomic E-state index is 11.4. The van der Waals surface area contributed by atoms with Crippen molar-refractivity contribution >= 4 is 21.9 Å². The molecule has 0 saturated heterocycles. The largest absolute Gasteiger partial charge is 0.468 e. The Bertz CT molecular complexity index is 408. The van der Waals surface area contributed by atoms with Crippen LogP contribution in [0.2, 0.25) is 0 Å². The van der Waals surface area contributed by atoms with E-state index in [-0.39, 0.29) is 0 Å². The SMILES string of the molecule is COC(=O)C(C[N+](=O)[O-])c1cccc(Br)c1. The molecule has 1 unspecified atom stereocenters. The Morgan fingerprint density at radius 3 is 2.81 bits per heavy atom. The Kier molecular flexibility index (Phi) is 4.42. The van der Waals surface area contributed by atoms with Gasteiger partial charge in [0.15, 0.2) is 0 Å². The highest BCUT2D eigenvalue weighted by Gasteiger charge is 2.26. The number of halogens is 1. The van der Waals surface area contributed by atoms with Gasteiger partial charge in [0.05, 0.1) is 7.11 Å². The van der Waals surface area contributed by atoms with Crippen LogP contribution in [0.1, 0.15) is 11.5 Å². The summed E-state index contributed by atoms with van der Waals surface area (Å²) in [5, 5.41) is 10.5. The van der Waals surface area contributed by atoms with Gasteiger partial charge in [-0.1, -0.05) is 28.1 Å². The molecule has 0 aliphatic heterocycles. The van der Waals surface area contributed by atoms with E-state index in [0.717, 1.165) is 4.47 Å². The van der Waals surface area contributed by atoms with E-state index in [0.29, 0.717) is 5.56 Å². The fourth-order valence-electron chi connectivity index (χ4n) is 1.33. The van der Waals surface area contributed by atoms with Crippen molar-refractivity contribution in [2.24, 2.45) is 0 Å². The zero-order chi connectivity index (χ0) is 12.1. The Balaban J connectivity index is 3.00. The summed E-state index contributed by atoms with van der Waals surface area (Å²) in [7, 11) is 1.22. The molecule has 1 aromatic rings. The highest BCUT2D eigenvalue weighted by Crippen LogP contribution is 2.21. The highest BCUT2D eigenvalue weighted by molar-refractivity contribution is 9.10. The summed E-state index contributed by atoms with van der Waals surface area (Å²) in [6, 6.07) is 6.83. The van der Waals surface area contributed by atoms with Gasteiger partial charge in [-0.05, 0) is 17.7 Å². The second-order valence-electron chi connectivity index (χ2n) is 3.15. The first-order chi connectivity index (χ1) is 7.54. The average molecular weight is 288 g/mol. The topological polar surface area (TPSA) is 69.4 Å². The number of hydrogen-bond donors (Lipinski definition) is 0. The molecule has 0 saturated carbocycles. The minimum atomic E-state index is -0.863. The third-order valence-corrected chi connectivity index (χ3v) is 2.56. The van der Waals surface area contributed by atoms with Crippen LogP contribution in [0.15, 0.2) is 28.7 Å². The molecule has 1 aromatic carbocycles. The van der Waals surface area contributed by atoms with Gasteiger partial charge in [0.2, 0.25) is 6.54 Å². The van der Waals surface area contributed by atoms with Crippen LogP contribution < -0.4 is 0 Å². The molecule has 0 N–H and O–H groups in total. The fraction of sp³-hybridized carbons (Fsp3) is 0.300. The number of nitro groups is 1. The van der Waals surface area contributed by atoms with E-state index in [4.69, 9.17) is 0 Å². The van der Waals surface area contributed by atoms with Crippen molar-refractivity contribution in [3.05, 3.63) is 44.4 Å². The maximum Gasteiger partial charge on any atom is 0.319 e. The molecule has 86 valence electrons. The van der Waals surface area contributed by atoms with Crippen molar-refractivity contribution in [1.29, 1.82) is 0 Å². The van der Waals surface area contributed by atoms with Gasteiger partial charge in [0, 0.05) is 9.40 Å². The Morgan fingerprint density at radius 1 is 1.62 bits per heavy atom. The third-order valence-electron chi connectivity index (χ3n) is 2.07. The first-order valence-electron chi connectivity index (χ1n) is 4.49. The molecule has 0 aliphatic carbocycles. The summed E-state index contributed by atoms with van der Waals surface area (Å²) in [6.45, 7) is -0.469. The highest BCUT2D eigenvalue weighted by atomic mass is 79.9. The summed E-state index contributed by atoms with van der Waals surface area (Å²) in [4.78, 5) is 21.4. The monoisotopic (exact) mass is 287 g/mol. The van der Waals surface area contributed by atoms with Crippen LogP contribution in [-0.2, 0) is 9.53 Å². The fourth-order valence-corrected chi connectivity index (χ4v) is 1.75. The summed E-state index contributed by atoms with van der Waals surface area (Å²) >= 11 is 3.25. The van der Waals surface area contributed by atoms with E-state index >= 15 is 0 Å². The van der Waals surface area contributed by atoms with Crippen molar-refractivity contribution < 1.29 is 14.5 Å². The normalized spacial score (nSPS) is 11.9. The lowest BCUT2D eigenvalue weighted by Gasteiger charge is -2.10. The zero-order valence-corrected chi connectivity index (χ0v) is 10.1.